The molecule has 10 nitrogen and oxygen atoms in total. The van der Waals surface area contributed by atoms with Crippen LogP contribution in [0.1, 0.15) is 5.56 Å². The van der Waals surface area contributed by atoms with E-state index in [0.717, 1.165) is 10.5 Å². The van der Waals surface area contributed by atoms with Gasteiger partial charge in [-0.3, -0.25) is 19.1 Å². The first-order valence-corrected chi connectivity index (χ1v) is 9.93. The van der Waals surface area contributed by atoms with Gasteiger partial charge in [-0.2, -0.15) is 0 Å². The van der Waals surface area contributed by atoms with Crippen LogP contribution in [-0.4, -0.2) is 29.1 Å². The van der Waals surface area contributed by atoms with Crippen LogP contribution in [-0.2, 0) is 11.3 Å². The van der Waals surface area contributed by atoms with Crippen LogP contribution in [0.25, 0.3) is 11.0 Å². The first-order chi connectivity index (χ1) is 15.8. The second-order valence-electron chi connectivity index (χ2n) is 7.26. The summed E-state index contributed by atoms with van der Waals surface area (Å²) in [6, 6.07) is 16.8. The van der Waals surface area contributed by atoms with Gasteiger partial charge >= 0.3 is 11.3 Å². The Hall–Kier alpha value is -4.60. The largest absolute Gasteiger partial charge is 0.484 e. The number of nitrogens with one attached hydrogen (secondary N) is 1. The number of nitrogen functional groups attached to an aromatic ring is 1. The maximum Gasteiger partial charge on any atom is 0.336 e. The number of hydrogen-bond donors (Lipinski definition) is 2. The molecule has 0 atom stereocenters. The highest BCUT2D eigenvalue weighted by Crippen LogP contribution is 2.20. The number of aromatic amines is 1. The maximum absolute atomic E-state index is 12.7. The molecule has 33 heavy (non-hydrogen) atoms. The zero-order valence-electron chi connectivity index (χ0n) is 17.6. The minimum absolute atomic E-state index is 0.121. The number of nitrogens with two attached hydrogens (primary N) is 1. The third-order valence-corrected chi connectivity index (χ3v) is 5.06. The van der Waals surface area contributed by atoms with E-state index >= 15 is 0 Å². The fraction of sp³-hybridized carbons (Fsp3) is 0.130. The summed E-state index contributed by atoms with van der Waals surface area (Å²) in [6.45, 7) is -0.300. The van der Waals surface area contributed by atoms with Crippen molar-refractivity contribution in [2.75, 3.05) is 24.3 Å². The normalized spacial score (nSPS) is 10.8. The third-order valence-electron chi connectivity index (χ3n) is 5.06. The van der Waals surface area contributed by atoms with E-state index in [-0.39, 0.29) is 18.1 Å². The Kier molecular flexibility index (Phi) is 5.81. The molecule has 0 aliphatic rings. The Labute approximate surface area is 186 Å². The minimum atomic E-state index is -0.787. The summed E-state index contributed by atoms with van der Waals surface area (Å²) in [6.07, 6.45) is 0. The summed E-state index contributed by atoms with van der Waals surface area (Å²) in [5.74, 6) is -0.419. The zero-order chi connectivity index (χ0) is 23.5. The van der Waals surface area contributed by atoms with Crippen molar-refractivity contribution >= 4 is 28.4 Å². The monoisotopic (exact) mass is 448 g/mol. The number of benzene rings is 2. The van der Waals surface area contributed by atoms with E-state index in [2.05, 4.69) is 4.98 Å². The average Bonchev–Trinajstić information content (AvgIpc) is 2.80. The Morgan fingerprint density at radius 3 is 2.58 bits per heavy atom. The topological polar surface area (TPSA) is 141 Å². The molecule has 0 spiro atoms. The number of H-pyrrole nitrogens is 1. The van der Waals surface area contributed by atoms with Crippen LogP contribution in [0, 0.1) is 0 Å². The fourth-order valence-corrected chi connectivity index (χ4v) is 3.32. The number of aromatic nitrogens is 2. The van der Waals surface area contributed by atoms with Crippen LogP contribution in [0.3, 0.4) is 0 Å². The first kappa shape index (κ1) is 21.6. The van der Waals surface area contributed by atoms with E-state index in [1.54, 1.807) is 18.2 Å². The number of carbonyl (C=O) groups is 1. The summed E-state index contributed by atoms with van der Waals surface area (Å²) in [4.78, 5) is 52.1. The van der Waals surface area contributed by atoms with Gasteiger partial charge < -0.3 is 19.8 Å². The highest BCUT2D eigenvalue weighted by Gasteiger charge is 2.21. The highest BCUT2D eigenvalue weighted by atomic mass is 16.5. The molecule has 4 rings (SSSR count). The molecule has 1 amide bonds. The lowest BCUT2D eigenvalue weighted by molar-refractivity contribution is -0.120. The molecule has 0 saturated carbocycles. The van der Waals surface area contributed by atoms with Crippen molar-refractivity contribution in [2.24, 2.45) is 0 Å². The lowest BCUT2D eigenvalue weighted by atomic mass is 10.2. The number of hydrogen-bond acceptors (Lipinski definition) is 7. The van der Waals surface area contributed by atoms with Gasteiger partial charge in [0.05, 0.1) is 6.54 Å². The molecule has 2 aromatic heterocycles. The van der Waals surface area contributed by atoms with Crippen molar-refractivity contribution in [3.63, 3.8) is 0 Å². The molecular formula is C23H20N4O6. The van der Waals surface area contributed by atoms with Gasteiger partial charge in [0.25, 0.3) is 11.5 Å². The quantitative estimate of drug-likeness (QED) is 0.424. The van der Waals surface area contributed by atoms with E-state index < -0.39 is 29.4 Å². The zero-order valence-corrected chi connectivity index (χ0v) is 17.6. The molecule has 0 unspecified atom stereocenters. The number of nitrogens with zero attached hydrogens (tertiary/aromatic N) is 2. The van der Waals surface area contributed by atoms with Gasteiger partial charge in [0.2, 0.25) is 0 Å². The first-order valence-electron chi connectivity index (χ1n) is 9.93. The van der Waals surface area contributed by atoms with Gasteiger partial charge in [-0.15, -0.1) is 0 Å². The van der Waals surface area contributed by atoms with Gasteiger partial charge in [-0.05, 0) is 23.8 Å². The van der Waals surface area contributed by atoms with E-state index in [1.807, 2.05) is 30.3 Å². The van der Waals surface area contributed by atoms with Crippen molar-refractivity contribution < 1.29 is 13.9 Å². The standard InChI is InChI=1S/C23H20N4O6/c1-26(18(28)13-32-16-9-7-15-8-10-19(29)33-17(15)11-16)20-21(24)27(23(31)25-22(20)30)12-14-5-3-2-4-6-14/h2-11H,12-13,24H2,1H3,(H,25,30,31). The summed E-state index contributed by atoms with van der Waals surface area (Å²) < 4.78 is 11.8. The predicted molar refractivity (Wildman–Crippen MR) is 123 cm³/mol. The van der Waals surface area contributed by atoms with Crippen molar-refractivity contribution in [3.8, 4) is 5.75 Å². The van der Waals surface area contributed by atoms with Crippen LogP contribution in [0.15, 0.2) is 79.5 Å². The van der Waals surface area contributed by atoms with Crippen molar-refractivity contribution in [2.45, 2.75) is 6.54 Å². The van der Waals surface area contributed by atoms with Gasteiger partial charge in [0.1, 0.15) is 17.2 Å². The molecule has 2 heterocycles. The van der Waals surface area contributed by atoms with Gasteiger partial charge in [0, 0.05) is 24.6 Å². The Morgan fingerprint density at radius 1 is 1.09 bits per heavy atom. The Balaban J connectivity index is 1.56. The van der Waals surface area contributed by atoms with Crippen LogP contribution in [0.4, 0.5) is 11.5 Å². The second kappa shape index (κ2) is 8.87. The summed E-state index contributed by atoms with van der Waals surface area (Å²) in [5.41, 5.74) is 5.10. The Bertz CT molecular complexity index is 1500. The van der Waals surface area contributed by atoms with E-state index in [4.69, 9.17) is 14.9 Å². The fourth-order valence-electron chi connectivity index (χ4n) is 3.32. The molecule has 0 fully saturated rings. The number of rotatable bonds is 6. The molecule has 10 heteroatoms. The molecule has 0 bridgehead atoms. The lowest BCUT2D eigenvalue weighted by Gasteiger charge is -2.20. The molecule has 0 aliphatic carbocycles. The molecule has 4 aromatic rings. The number of anilines is 2. The maximum atomic E-state index is 12.7. The van der Waals surface area contributed by atoms with Crippen LogP contribution in [0.2, 0.25) is 0 Å². The molecule has 168 valence electrons. The SMILES string of the molecule is CN(C(=O)COc1ccc2ccc(=O)oc2c1)c1c(N)n(Cc2ccccc2)c(=O)[nH]c1=O. The predicted octanol–water partition coefficient (Wildman–Crippen LogP) is 1.32. The second-order valence-corrected chi connectivity index (χ2v) is 7.26. The van der Waals surface area contributed by atoms with Crippen LogP contribution in [0.5, 0.6) is 5.75 Å². The average molecular weight is 448 g/mol. The van der Waals surface area contributed by atoms with Crippen molar-refractivity contribution in [1.29, 1.82) is 0 Å². The van der Waals surface area contributed by atoms with Gasteiger partial charge in [-0.1, -0.05) is 30.3 Å². The number of fused-ring (bicyclic) bond motifs is 1. The minimum Gasteiger partial charge on any atom is -0.484 e. The number of likely N-dealkylation sites (N-methyl/N-ethyl adjacent to an activating group) is 1. The lowest BCUT2D eigenvalue weighted by Crippen LogP contribution is -2.41. The third kappa shape index (κ3) is 4.54. The van der Waals surface area contributed by atoms with Crippen LogP contribution >= 0.6 is 0 Å². The molecule has 0 aliphatic heterocycles. The summed E-state index contributed by atoms with van der Waals surface area (Å²) in [7, 11) is 1.36. The van der Waals surface area contributed by atoms with Crippen molar-refractivity contribution in [1.82, 2.24) is 9.55 Å². The Morgan fingerprint density at radius 2 is 1.82 bits per heavy atom. The molecular weight excluding hydrogens is 428 g/mol. The number of ether oxygens (including phenoxy) is 1. The summed E-state index contributed by atoms with van der Waals surface area (Å²) >= 11 is 0. The van der Waals surface area contributed by atoms with Crippen molar-refractivity contribution in [3.05, 3.63) is 97.5 Å². The van der Waals surface area contributed by atoms with Gasteiger partial charge in [0.15, 0.2) is 12.3 Å². The highest BCUT2D eigenvalue weighted by molar-refractivity contribution is 5.96. The smallest absolute Gasteiger partial charge is 0.336 e. The molecule has 3 N–H and O–H groups in total. The molecule has 0 radical (unpaired) electrons. The van der Waals surface area contributed by atoms with E-state index in [1.165, 1.54) is 23.7 Å². The van der Waals surface area contributed by atoms with E-state index in [9.17, 15) is 19.2 Å². The van der Waals surface area contributed by atoms with Crippen LogP contribution < -0.4 is 32.2 Å². The summed E-state index contributed by atoms with van der Waals surface area (Å²) in [5, 5.41) is 0.699. The van der Waals surface area contributed by atoms with Gasteiger partial charge in [-0.25, -0.2) is 9.59 Å². The van der Waals surface area contributed by atoms with E-state index in [0.29, 0.717) is 16.7 Å². The number of carbonyl (C=O) groups excluding carboxylic acids is 1. The number of amides is 1. The molecule has 0 saturated heterocycles. The molecule has 2 aromatic carbocycles.